The van der Waals surface area contributed by atoms with Gasteiger partial charge < -0.3 is 5.11 Å². The third-order valence-corrected chi connectivity index (χ3v) is 4.82. The molecule has 0 aliphatic heterocycles. The van der Waals surface area contributed by atoms with Gasteiger partial charge in [-0.3, -0.25) is 0 Å². The molecule has 21 heavy (non-hydrogen) atoms. The van der Waals surface area contributed by atoms with Crippen molar-refractivity contribution >= 4 is 49.9 Å². The molecule has 1 N–H and O–H groups in total. The maximum absolute atomic E-state index is 10.8. The zero-order valence-corrected chi connectivity index (χ0v) is 14.0. The minimum Gasteiger partial charge on any atom is -0.384 e. The minimum absolute atomic E-state index is 0.460. The Kier molecular flexibility index (Phi) is 4.23. The number of aliphatic hydroxyl groups excluding tert-OH is 1. The van der Waals surface area contributed by atoms with Crippen LogP contribution in [-0.2, 0) is 0 Å². The Labute approximate surface area is 141 Å². The van der Waals surface area contributed by atoms with Crippen LogP contribution in [0.5, 0.6) is 0 Å². The van der Waals surface area contributed by atoms with Gasteiger partial charge in [0.15, 0.2) is 0 Å². The first-order chi connectivity index (χ1) is 10.1. The average molecular weight is 382 g/mol. The second-order valence-corrected chi connectivity index (χ2v) is 6.39. The molecule has 1 nitrogen and oxygen atoms in total. The summed E-state index contributed by atoms with van der Waals surface area (Å²) < 4.78 is 0.985. The van der Waals surface area contributed by atoms with Crippen LogP contribution in [0.15, 0.2) is 59.1 Å². The summed E-state index contributed by atoms with van der Waals surface area (Å²) in [7, 11) is 0. The normalized spacial score (nSPS) is 12.6. The van der Waals surface area contributed by atoms with E-state index in [2.05, 4.69) is 15.9 Å². The van der Waals surface area contributed by atoms with Gasteiger partial charge in [0.25, 0.3) is 0 Å². The van der Waals surface area contributed by atoms with Crippen LogP contribution in [0.2, 0.25) is 10.0 Å². The quantitative estimate of drug-likeness (QED) is 0.577. The van der Waals surface area contributed by atoms with Crippen molar-refractivity contribution in [3.8, 4) is 0 Å². The summed E-state index contributed by atoms with van der Waals surface area (Å²) in [6, 6.07) is 16.9. The highest BCUT2D eigenvalue weighted by atomic mass is 79.9. The van der Waals surface area contributed by atoms with Crippen molar-refractivity contribution in [1.82, 2.24) is 0 Å². The molecule has 3 aromatic carbocycles. The number of aliphatic hydroxyl groups is 1. The molecule has 1 atom stereocenters. The highest BCUT2D eigenvalue weighted by molar-refractivity contribution is 9.10. The van der Waals surface area contributed by atoms with Crippen LogP contribution in [0.4, 0.5) is 0 Å². The van der Waals surface area contributed by atoms with Crippen molar-refractivity contribution in [1.29, 1.82) is 0 Å². The molecule has 3 rings (SSSR count). The van der Waals surface area contributed by atoms with Crippen molar-refractivity contribution in [2.75, 3.05) is 0 Å². The molecule has 0 aliphatic rings. The van der Waals surface area contributed by atoms with Crippen molar-refractivity contribution in [3.63, 3.8) is 0 Å². The van der Waals surface area contributed by atoms with Gasteiger partial charge in [0, 0.05) is 20.1 Å². The summed E-state index contributed by atoms with van der Waals surface area (Å²) >= 11 is 15.9. The first-order valence-electron chi connectivity index (χ1n) is 6.38. The lowest BCUT2D eigenvalue weighted by molar-refractivity contribution is 0.222. The van der Waals surface area contributed by atoms with E-state index in [1.807, 2.05) is 36.4 Å². The monoisotopic (exact) mass is 380 g/mol. The minimum atomic E-state index is -0.871. The van der Waals surface area contributed by atoms with E-state index >= 15 is 0 Å². The van der Waals surface area contributed by atoms with Crippen molar-refractivity contribution in [2.24, 2.45) is 0 Å². The predicted molar refractivity (Wildman–Crippen MR) is 92.2 cm³/mol. The van der Waals surface area contributed by atoms with Crippen LogP contribution >= 0.6 is 39.1 Å². The van der Waals surface area contributed by atoms with Gasteiger partial charge in [-0.1, -0.05) is 75.5 Å². The maximum Gasteiger partial charge on any atom is 0.108 e. The zero-order chi connectivity index (χ0) is 15.0. The first-order valence-corrected chi connectivity index (χ1v) is 7.93. The van der Waals surface area contributed by atoms with Gasteiger partial charge in [0.05, 0.1) is 0 Å². The Morgan fingerprint density at radius 2 is 1.43 bits per heavy atom. The molecule has 0 radical (unpaired) electrons. The van der Waals surface area contributed by atoms with E-state index < -0.39 is 6.10 Å². The summed E-state index contributed by atoms with van der Waals surface area (Å²) in [4.78, 5) is 0. The van der Waals surface area contributed by atoms with Gasteiger partial charge in [0.1, 0.15) is 6.10 Å². The predicted octanol–water partition coefficient (Wildman–Crippen LogP) is 5.99. The number of benzene rings is 3. The molecule has 0 heterocycles. The lowest BCUT2D eigenvalue weighted by Gasteiger charge is -2.17. The summed E-state index contributed by atoms with van der Waals surface area (Å²) in [6.07, 6.45) is -0.871. The second kappa shape index (κ2) is 5.98. The summed E-state index contributed by atoms with van der Waals surface area (Å²) in [5.41, 5.74) is 1.32. The second-order valence-electron chi connectivity index (χ2n) is 4.72. The topological polar surface area (TPSA) is 20.2 Å². The number of halogens is 3. The third-order valence-electron chi connectivity index (χ3n) is 3.47. The van der Waals surface area contributed by atoms with Gasteiger partial charge in [-0.15, -0.1) is 0 Å². The van der Waals surface area contributed by atoms with E-state index in [9.17, 15) is 5.11 Å². The molecule has 0 spiro atoms. The standard InChI is InChI=1S/C17H11BrCl2O/c18-13-9-8-12(10-4-1-2-5-11(10)13)17(21)16-14(19)6-3-7-15(16)20/h1-9,17,21H. The number of hydrogen-bond donors (Lipinski definition) is 1. The largest absolute Gasteiger partial charge is 0.384 e. The molecule has 106 valence electrons. The summed E-state index contributed by atoms with van der Waals surface area (Å²) in [6.45, 7) is 0. The average Bonchev–Trinajstić information content (AvgIpc) is 2.47. The fourth-order valence-electron chi connectivity index (χ4n) is 2.45. The molecule has 0 saturated heterocycles. The van der Waals surface area contributed by atoms with Crippen LogP contribution in [-0.4, -0.2) is 5.11 Å². The van der Waals surface area contributed by atoms with Crippen LogP contribution in [0, 0.1) is 0 Å². The Morgan fingerprint density at radius 1 is 0.810 bits per heavy atom. The Morgan fingerprint density at radius 3 is 2.10 bits per heavy atom. The van der Waals surface area contributed by atoms with Crippen LogP contribution in [0.1, 0.15) is 17.2 Å². The van der Waals surface area contributed by atoms with E-state index in [0.717, 1.165) is 20.8 Å². The van der Waals surface area contributed by atoms with E-state index in [-0.39, 0.29) is 0 Å². The Hall–Kier alpha value is -1.06. The van der Waals surface area contributed by atoms with E-state index in [4.69, 9.17) is 23.2 Å². The Bertz CT molecular complexity index is 797. The van der Waals surface area contributed by atoms with Gasteiger partial charge >= 0.3 is 0 Å². The Balaban J connectivity index is 2.23. The number of hydrogen-bond acceptors (Lipinski definition) is 1. The molecule has 3 aromatic rings. The molecular formula is C17H11BrCl2O. The van der Waals surface area contributed by atoms with Crippen molar-refractivity contribution < 1.29 is 5.11 Å². The van der Waals surface area contributed by atoms with Crippen LogP contribution in [0.3, 0.4) is 0 Å². The molecule has 0 bridgehead atoms. The smallest absolute Gasteiger partial charge is 0.108 e. The zero-order valence-electron chi connectivity index (χ0n) is 10.9. The maximum atomic E-state index is 10.8. The SMILES string of the molecule is OC(c1c(Cl)cccc1Cl)c1ccc(Br)c2ccccc12. The van der Waals surface area contributed by atoms with E-state index in [1.165, 1.54) is 0 Å². The van der Waals surface area contributed by atoms with Crippen LogP contribution < -0.4 is 0 Å². The molecular weight excluding hydrogens is 371 g/mol. The highest BCUT2D eigenvalue weighted by Gasteiger charge is 2.19. The summed E-state index contributed by atoms with van der Waals surface area (Å²) in [5.74, 6) is 0. The van der Waals surface area contributed by atoms with E-state index in [0.29, 0.717) is 15.6 Å². The first kappa shape index (κ1) is 14.9. The lowest BCUT2D eigenvalue weighted by Crippen LogP contribution is -2.02. The van der Waals surface area contributed by atoms with Crippen LogP contribution in [0.25, 0.3) is 10.8 Å². The molecule has 0 aliphatic carbocycles. The third kappa shape index (κ3) is 2.69. The molecule has 0 saturated carbocycles. The van der Waals surface area contributed by atoms with Crippen molar-refractivity contribution in [3.05, 3.63) is 80.2 Å². The highest BCUT2D eigenvalue weighted by Crippen LogP contribution is 2.38. The van der Waals surface area contributed by atoms with Gasteiger partial charge in [-0.25, -0.2) is 0 Å². The molecule has 1 unspecified atom stereocenters. The van der Waals surface area contributed by atoms with Gasteiger partial charge in [0.2, 0.25) is 0 Å². The lowest BCUT2D eigenvalue weighted by atomic mass is 9.96. The fraction of sp³-hybridized carbons (Fsp3) is 0.0588. The van der Waals surface area contributed by atoms with Crippen molar-refractivity contribution in [2.45, 2.75) is 6.10 Å². The molecule has 0 amide bonds. The summed E-state index contributed by atoms with van der Waals surface area (Å²) in [5, 5.41) is 13.7. The van der Waals surface area contributed by atoms with Gasteiger partial charge in [-0.2, -0.15) is 0 Å². The molecule has 0 fully saturated rings. The fourth-order valence-corrected chi connectivity index (χ4v) is 3.53. The van der Waals surface area contributed by atoms with E-state index in [1.54, 1.807) is 18.2 Å². The van der Waals surface area contributed by atoms with Gasteiger partial charge in [-0.05, 0) is 34.5 Å². The number of rotatable bonds is 2. The molecule has 4 heteroatoms. The molecule has 0 aromatic heterocycles. The number of fused-ring (bicyclic) bond motifs is 1.